The van der Waals surface area contributed by atoms with E-state index < -0.39 is 0 Å². The molecule has 2 N–H and O–H groups in total. The SMILES string of the molecule is COc1ccc2nc(Nc3cnn(CC(C)C)c3)c3[nH]ncc3c2c1. The van der Waals surface area contributed by atoms with E-state index in [0.29, 0.717) is 5.92 Å². The van der Waals surface area contributed by atoms with E-state index in [4.69, 9.17) is 9.72 Å². The molecule has 0 aliphatic heterocycles. The van der Waals surface area contributed by atoms with Crippen LogP contribution in [0, 0.1) is 5.92 Å². The lowest BCUT2D eigenvalue weighted by molar-refractivity contribution is 0.415. The highest BCUT2D eigenvalue weighted by molar-refractivity contribution is 6.09. The summed E-state index contributed by atoms with van der Waals surface area (Å²) >= 11 is 0. The van der Waals surface area contributed by atoms with Gasteiger partial charge < -0.3 is 10.1 Å². The first-order valence-corrected chi connectivity index (χ1v) is 8.24. The number of ether oxygens (including phenoxy) is 1. The lowest BCUT2D eigenvalue weighted by Crippen LogP contribution is -2.04. The summed E-state index contributed by atoms with van der Waals surface area (Å²) in [4.78, 5) is 4.74. The maximum atomic E-state index is 5.32. The van der Waals surface area contributed by atoms with Crippen molar-refractivity contribution in [2.45, 2.75) is 20.4 Å². The molecule has 0 unspecified atom stereocenters. The van der Waals surface area contributed by atoms with Crippen LogP contribution in [-0.4, -0.2) is 32.1 Å². The number of nitrogens with zero attached hydrogens (tertiary/aromatic N) is 4. The fourth-order valence-corrected chi connectivity index (χ4v) is 2.93. The average Bonchev–Trinajstić information content (AvgIpc) is 3.24. The second kappa shape index (κ2) is 6.08. The normalized spacial score (nSPS) is 11.5. The highest BCUT2D eigenvalue weighted by Gasteiger charge is 2.12. The Balaban J connectivity index is 1.76. The molecule has 7 heteroatoms. The molecule has 0 spiro atoms. The zero-order valence-electron chi connectivity index (χ0n) is 14.4. The summed E-state index contributed by atoms with van der Waals surface area (Å²) in [6.45, 7) is 5.22. The van der Waals surface area contributed by atoms with Crippen LogP contribution in [-0.2, 0) is 6.54 Å². The second-order valence-electron chi connectivity index (χ2n) is 6.47. The van der Waals surface area contributed by atoms with Gasteiger partial charge in [-0.1, -0.05) is 13.8 Å². The number of H-pyrrole nitrogens is 1. The van der Waals surface area contributed by atoms with Crippen LogP contribution in [0.4, 0.5) is 11.5 Å². The Kier molecular flexibility index (Phi) is 3.76. The van der Waals surface area contributed by atoms with E-state index in [1.807, 2.05) is 41.5 Å². The van der Waals surface area contributed by atoms with Gasteiger partial charge in [-0.3, -0.25) is 9.78 Å². The molecule has 0 radical (unpaired) electrons. The molecule has 1 aromatic carbocycles. The van der Waals surface area contributed by atoms with Gasteiger partial charge >= 0.3 is 0 Å². The Morgan fingerprint density at radius 2 is 2.12 bits per heavy atom. The van der Waals surface area contributed by atoms with Crippen molar-refractivity contribution in [3.8, 4) is 5.75 Å². The predicted molar refractivity (Wildman–Crippen MR) is 98.3 cm³/mol. The lowest BCUT2D eigenvalue weighted by Gasteiger charge is -2.08. The standard InChI is InChI=1S/C18H20N6O/c1-11(2)9-24-10-12(7-20-24)21-18-17-15(8-19-23-17)14-6-13(25-3)4-5-16(14)22-18/h4-8,10-11H,9H2,1-3H3,(H,19,23)(H,21,22). The molecular weight excluding hydrogens is 316 g/mol. The van der Waals surface area contributed by atoms with E-state index in [0.717, 1.165) is 45.6 Å². The summed E-state index contributed by atoms with van der Waals surface area (Å²) in [5, 5.41) is 17.0. The number of aromatic nitrogens is 5. The number of hydrogen-bond acceptors (Lipinski definition) is 5. The van der Waals surface area contributed by atoms with Crippen molar-refractivity contribution in [2.75, 3.05) is 12.4 Å². The van der Waals surface area contributed by atoms with Crippen molar-refractivity contribution >= 4 is 33.3 Å². The quantitative estimate of drug-likeness (QED) is 0.580. The zero-order chi connectivity index (χ0) is 17.4. The minimum absolute atomic E-state index is 0.542. The van der Waals surface area contributed by atoms with Crippen LogP contribution in [0.3, 0.4) is 0 Å². The minimum Gasteiger partial charge on any atom is -0.497 e. The topological polar surface area (TPSA) is 80.6 Å². The second-order valence-corrected chi connectivity index (χ2v) is 6.47. The molecule has 4 rings (SSSR count). The van der Waals surface area contributed by atoms with Crippen molar-refractivity contribution in [1.29, 1.82) is 0 Å². The third-order valence-corrected chi connectivity index (χ3v) is 4.05. The van der Waals surface area contributed by atoms with Crippen LogP contribution in [0.25, 0.3) is 21.8 Å². The molecule has 7 nitrogen and oxygen atoms in total. The van der Waals surface area contributed by atoms with Crippen molar-refractivity contribution < 1.29 is 4.74 Å². The van der Waals surface area contributed by atoms with Gasteiger partial charge in [0.25, 0.3) is 0 Å². The largest absolute Gasteiger partial charge is 0.497 e. The fraction of sp³-hybridized carbons (Fsp3) is 0.278. The monoisotopic (exact) mass is 336 g/mol. The molecule has 25 heavy (non-hydrogen) atoms. The fourth-order valence-electron chi connectivity index (χ4n) is 2.93. The van der Waals surface area contributed by atoms with Crippen LogP contribution < -0.4 is 10.1 Å². The molecular formula is C18H20N6O. The van der Waals surface area contributed by atoms with Crippen LogP contribution >= 0.6 is 0 Å². The highest BCUT2D eigenvalue weighted by atomic mass is 16.5. The number of fused-ring (bicyclic) bond motifs is 3. The Bertz CT molecular complexity index is 1030. The van der Waals surface area contributed by atoms with E-state index in [9.17, 15) is 0 Å². The predicted octanol–water partition coefficient (Wildman–Crippen LogP) is 3.72. The van der Waals surface area contributed by atoms with Gasteiger partial charge in [0.1, 0.15) is 11.3 Å². The molecule has 0 saturated carbocycles. The number of aromatic amines is 1. The van der Waals surface area contributed by atoms with Crippen LogP contribution in [0.2, 0.25) is 0 Å². The van der Waals surface area contributed by atoms with Crippen molar-refractivity contribution in [3.05, 3.63) is 36.8 Å². The van der Waals surface area contributed by atoms with Gasteiger partial charge in [-0.25, -0.2) is 4.98 Å². The number of pyridine rings is 1. The smallest absolute Gasteiger partial charge is 0.157 e. The molecule has 128 valence electrons. The number of methoxy groups -OCH3 is 1. The number of benzene rings is 1. The maximum absolute atomic E-state index is 5.32. The van der Waals surface area contributed by atoms with Gasteiger partial charge in [0.15, 0.2) is 5.82 Å². The van der Waals surface area contributed by atoms with Gasteiger partial charge in [0.2, 0.25) is 0 Å². The van der Waals surface area contributed by atoms with E-state index in [1.54, 1.807) is 7.11 Å². The summed E-state index contributed by atoms with van der Waals surface area (Å²) in [6, 6.07) is 5.84. The molecule has 3 aromatic heterocycles. The van der Waals surface area contributed by atoms with Crippen molar-refractivity contribution in [1.82, 2.24) is 25.0 Å². The number of rotatable bonds is 5. The number of hydrogen-bond donors (Lipinski definition) is 2. The third-order valence-electron chi connectivity index (χ3n) is 4.05. The molecule has 0 bridgehead atoms. The van der Waals surface area contributed by atoms with E-state index in [1.165, 1.54) is 0 Å². The maximum Gasteiger partial charge on any atom is 0.157 e. The van der Waals surface area contributed by atoms with E-state index in [-0.39, 0.29) is 0 Å². The summed E-state index contributed by atoms with van der Waals surface area (Å²) in [5.74, 6) is 2.07. The van der Waals surface area contributed by atoms with Crippen LogP contribution in [0.5, 0.6) is 5.75 Å². The zero-order valence-corrected chi connectivity index (χ0v) is 14.4. The van der Waals surface area contributed by atoms with Gasteiger partial charge in [-0.15, -0.1) is 0 Å². The first-order chi connectivity index (χ1) is 12.1. The van der Waals surface area contributed by atoms with E-state index >= 15 is 0 Å². The Morgan fingerprint density at radius 1 is 1.24 bits per heavy atom. The summed E-state index contributed by atoms with van der Waals surface area (Å²) in [7, 11) is 1.66. The van der Waals surface area contributed by atoms with Crippen LogP contribution in [0.1, 0.15) is 13.8 Å². The van der Waals surface area contributed by atoms with Crippen molar-refractivity contribution in [2.24, 2.45) is 5.92 Å². The molecule has 4 aromatic rings. The van der Waals surface area contributed by atoms with Gasteiger partial charge in [0, 0.05) is 23.5 Å². The van der Waals surface area contributed by atoms with Gasteiger partial charge in [0.05, 0.1) is 30.7 Å². The molecule has 0 aliphatic carbocycles. The average molecular weight is 336 g/mol. The summed E-state index contributed by atoms with van der Waals surface area (Å²) in [6.07, 6.45) is 5.61. The molecule has 0 amide bonds. The highest BCUT2D eigenvalue weighted by Crippen LogP contribution is 2.31. The van der Waals surface area contributed by atoms with Gasteiger partial charge in [-0.05, 0) is 24.1 Å². The Morgan fingerprint density at radius 3 is 2.92 bits per heavy atom. The molecule has 0 aliphatic rings. The molecule has 0 saturated heterocycles. The molecule has 3 heterocycles. The Labute approximate surface area is 145 Å². The van der Waals surface area contributed by atoms with Gasteiger partial charge in [-0.2, -0.15) is 10.2 Å². The van der Waals surface area contributed by atoms with Crippen LogP contribution in [0.15, 0.2) is 36.8 Å². The molecule has 0 fully saturated rings. The number of anilines is 2. The minimum atomic E-state index is 0.542. The first-order valence-electron chi connectivity index (χ1n) is 8.24. The summed E-state index contributed by atoms with van der Waals surface area (Å²) in [5.41, 5.74) is 2.64. The molecule has 0 atom stereocenters. The first kappa shape index (κ1) is 15.4. The van der Waals surface area contributed by atoms with E-state index in [2.05, 4.69) is 34.5 Å². The Hall–Kier alpha value is -3.09. The van der Waals surface area contributed by atoms with Crippen molar-refractivity contribution in [3.63, 3.8) is 0 Å². The lowest BCUT2D eigenvalue weighted by atomic mass is 10.1. The summed E-state index contributed by atoms with van der Waals surface area (Å²) < 4.78 is 7.26. The number of nitrogens with one attached hydrogen (secondary N) is 2. The third kappa shape index (κ3) is 2.88.